The van der Waals surface area contributed by atoms with Gasteiger partial charge in [0.2, 0.25) is 5.60 Å². The van der Waals surface area contributed by atoms with Gasteiger partial charge in [-0.3, -0.25) is 15.0 Å². The molecule has 0 bridgehead atoms. The van der Waals surface area contributed by atoms with E-state index in [1.165, 1.54) is 81.7 Å². The number of ketones is 1. The molecule has 4 fully saturated rings. The zero-order valence-corrected chi connectivity index (χ0v) is 59.8. The van der Waals surface area contributed by atoms with Gasteiger partial charge in [0, 0.05) is 84.9 Å². The Balaban J connectivity index is 0.000000162. The minimum Gasteiger partial charge on any atom is -0.497 e. The van der Waals surface area contributed by atoms with Gasteiger partial charge in [-0.05, 0) is 189 Å². The van der Waals surface area contributed by atoms with Crippen molar-refractivity contribution in [3.05, 3.63) is 205 Å². The van der Waals surface area contributed by atoms with Gasteiger partial charge in [0.05, 0.1) is 44.8 Å². The maximum absolute atomic E-state index is 14.2. The topological polar surface area (TPSA) is 157 Å². The number of nitrogens with one attached hydrogen (secondary N) is 3. The predicted molar refractivity (Wildman–Crippen MR) is 381 cm³/mol. The van der Waals surface area contributed by atoms with Gasteiger partial charge in [-0.25, -0.2) is 9.59 Å². The summed E-state index contributed by atoms with van der Waals surface area (Å²) in [6, 6.07) is 36.5. The highest BCUT2D eigenvalue weighted by Gasteiger charge is 2.64. The van der Waals surface area contributed by atoms with E-state index in [4.69, 9.17) is 71.8 Å². The Morgan fingerprint density at radius 2 is 0.972 bits per heavy atom. The average molecular weight is 1570 g/mol. The number of nitrogens with zero attached hydrogens (tertiary/aromatic N) is 1. The number of hydrogen-bond acceptors (Lipinski definition) is 11. The number of methoxy groups -OCH3 is 3. The molecule has 2 aliphatic heterocycles. The van der Waals surface area contributed by atoms with Crippen molar-refractivity contribution in [2.24, 2.45) is 23.7 Å². The lowest BCUT2D eigenvalue weighted by molar-refractivity contribution is -0.240. The molecule has 1 unspecified atom stereocenters. The number of carbonyl (C=O) groups excluding carboxylic acids is 3. The highest BCUT2D eigenvalue weighted by atomic mass is 35.5. The third kappa shape index (κ3) is 21.1. The summed E-state index contributed by atoms with van der Waals surface area (Å²) in [4.78, 5) is 36.9. The second-order valence-corrected chi connectivity index (χ2v) is 26.7. The Labute approximate surface area is 627 Å². The van der Waals surface area contributed by atoms with Crippen molar-refractivity contribution < 1.29 is 95.9 Å². The first-order chi connectivity index (χ1) is 50.5. The molecular formula is C78H64Cl4F12N4O9. The first kappa shape index (κ1) is 81.3. The van der Waals surface area contributed by atoms with Crippen LogP contribution in [0.5, 0.6) is 17.2 Å². The molecule has 2 heterocycles. The number of amides is 2. The van der Waals surface area contributed by atoms with Crippen LogP contribution in [0.15, 0.2) is 146 Å². The number of cyclic esters (lactones) is 2. The summed E-state index contributed by atoms with van der Waals surface area (Å²) in [5, 5.41) is 18.9. The van der Waals surface area contributed by atoms with Gasteiger partial charge in [-0.1, -0.05) is 106 Å². The number of carbonyl (C=O) groups is 3. The van der Waals surface area contributed by atoms with Crippen molar-refractivity contribution in [1.82, 2.24) is 0 Å². The van der Waals surface area contributed by atoms with E-state index in [1.807, 2.05) is 0 Å². The zero-order chi connectivity index (χ0) is 77.9. The molecule has 4 saturated carbocycles. The van der Waals surface area contributed by atoms with Crippen LogP contribution in [0.1, 0.15) is 95.1 Å². The number of aliphatic hydroxyl groups is 1. The SMILES string of the molecule is C#CC1CC1.COc1ccc(CN2C(=O)O[C@](C#CC3CC3)(C(F)(F)F)c3cc(Cl)ccc32)cc1.COc1ccc(CNc2ccc(Cl)cc2C(=O)C(F)(F)F)cc1.COc1ccc(CNc2ccc(Cl)cc2C(O)(C#CC2CC2)C(F)(F)F)cc1.O=C1Nc2ccc(Cl)cc2[C@@](C#CC2CC2)(C(F)(F)F)O1. The molecule has 13 nitrogen and oxygen atoms in total. The Hall–Kier alpha value is -9.73. The van der Waals surface area contributed by atoms with E-state index in [1.54, 1.807) is 79.9 Å². The molecule has 562 valence electrons. The lowest BCUT2D eigenvalue weighted by Gasteiger charge is -2.40. The van der Waals surface area contributed by atoms with Gasteiger partial charge in [0.1, 0.15) is 17.2 Å². The quantitative estimate of drug-likeness (QED) is 0.0495. The summed E-state index contributed by atoms with van der Waals surface area (Å²) in [6.07, 6.45) is -10.0. The molecule has 7 aromatic rings. The minimum absolute atomic E-state index is 0.00179. The van der Waals surface area contributed by atoms with E-state index in [9.17, 15) is 72.2 Å². The van der Waals surface area contributed by atoms with E-state index in [-0.39, 0.29) is 91.4 Å². The molecule has 0 radical (unpaired) electrons. The number of alkyl halides is 12. The summed E-state index contributed by atoms with van der Waals surface area (Å²) in [7, 11) is 4.61. The minimum atomic E-state index is -4.98. The van der Waals surface area contributed by atoms with Crippen LogP contribution in [0.3, 0.4) is 0 Å². The van der Waals surface area contributed by atoms with Crippen molar-refractivity contribution in [2.45, 2.75) is 113 Å². The Morgan fingerprint density at radius 3 is 1.42 bits per heavy atom. The van der Waals surface area contributed by atoms with Crippen LogP contribution in [-0.4, -0.2) is 69.1 Å². The van der Waals surface area contributed by atoms with Crippen molar-refractivity contribution in [1.29, 1.82) is 0 Å². The number of benzene rings is 7. The molecule has 4 N–H and O–H groups in total. The number of ether oxygens (including phenoxy) is 5. The highest BCUT2D eigenvalue weighted by Crippen LogP contribution is 2.52. The van der Waals surface area contributed by atoms with E-state index in [0.29, 0.717) is 28.7 Å². The van der Waals surface area contributed by atoms with E-state index in [2.05, 4.69) is 62.1 Å². The number of halogens is 16. The average Bonchev–Trinajstić information content (AvgIpc) is 1.08. The highest BCUT2D eigenvalue weighted by molar-refractivity contribution is 6.32. The van der Waals surface area contributed by atoms with Gasteiger partial charge >= 0.3 is 36.9 Å². The lowest BCUT2D eigenvalue weighted by atomic mass is 9.89. The lowest BCUT2D eigenvalue weighted by Crippen LogP contribution is -2.52. The molecule has 4 aliphatic carbocycles. The molecule has 7 aromatic carbocycles. The third-order valence-electron chi connectivity index (χ3n) is 16.7. The fraction of sp³-hybridized carbons (Fsp3) is 0.321. The van der Waals surface area contributed by atoms with Gasteiger partial charge < -0.3 is 39.4 Å². The van der Waals surface area contributed by atoms with Gasteiger partial charge in [0.25, 0.3) is 17.0 Å². The van der Waals surface area contributed by atoms with Crippen LogP contribution in [0, 0.1) is 71.5 Å². The van der Waals surface area contributed by atoms with Crippen LogP contribution >= 0.6 is 46.4 Å². The number of anilines is 4. The standard InChI is InChI=1S/C22H17ClF3NO3.C21H19ClF3NO2.C16H13ClF3NO2.C14H9ClF3NO2.C5H6/c1-29-17-7-4-15(5-8-17)13-27-19-9-6-16(23)12-18(19)21(22(24,25)26,30-20(27)28)11-10-14-2-3-14;1-28-17-7-4-15(5-8-17)13-26-19-9-6-16(22)12-18(19)20(27,21(23,24)25)11-10-14-2-3-14;1-23-12-5-2-10(3-6-12)9-21-14-7-4-11(17)8-13(14)15(22)16(18,19)20;15-9-3-4-11-10(7-9)13(14(16,17)18,21-12(20)19-11)6-5-8-1-2-8;1-2-5-3-4-5/h4-9,12,14H,2-3,13H2,1H3;4-9,12,14,26-27H,2-3,13H2,1H3;2-8,21H,9H2,1H3;3-4,7-8H,1-2H2,(H,19,20);1,5H,3-4H2/t21-;;;13-;/m0..0./s1. The first-order valence-corrected chi connectivity index (χ1v) is 34.2. The monoisotopic (exact) mass is 1570 g/mol. The predicted octanol–water partition coefficient (Wildman–Crippen LogP) is 20.6. The number of fused-ring (bicyclic) bond motifs is 2. The summed E-state index contributed by atoms with van der Waals surface area (Å²) in [5.41, 5.74) is -8.22. The van der Waals surface area contributed by atoms with Crippen molar-refractivity contribution in [3.63, 3.8) is 0 Å². The van der Waals surface area contributed by atoms with Crippen molar-refractivity contribution in [2.75, 3.05) is 42.2 Å². The number of terminal acetylenes is 1. The molecule has 0 aromatic heterocycles. The summed E-state index contributed by atoms with van der Waals surface area (Å²) < 4.78 is 188. The van der Waals surface area contributed by atoms with Crippen molar-refractivity contribution >= 4 is 87.1 Å². The van der Waals surface area contributed by atoms with Crippen LogP contribution in [-0.2, 0) is 45.9 Å². The van der Waals surface area contributed by atoms with Crippen LogP contribution < -0.4 is 35.1 Å². The third-order valence-corrected chi connectivity index (χ3v) is 17.6. The number of rotatable bonds is 13. The van der Waals surface area contributed by atoms with Crippen LogP contribution in [0.4, 0.5) is 85.0 Å². The Bertz CT molecular complexity index is 4620. The Kier molecular flexibility index (Phi) is 25.9. The smallest absolute Gasteiger partial charge is 0.454 e. The van der Waals surface area contributed by atoms with E-state index < -0.39 is 70.6 Å². The molecule has 6 aliphatic rings. The molecule has 2 amide bonds. The van der Waals surface area contributed by atoms with Crippen molar-refractivity contribution in [3.8, 4) is 65.1 Å². The maximum Gasteiger partial charge on any atom is 0.454 e. The first-order valence-electron chi connectivity index (χ1n) is 32.7. The van der Waals surface area contributed by atoms with E-state index >= 15 is 0 Å². The molecular weight excluding hydrogens is 1510 g/mol. The second-order valence-electron chi connectivity index (χ2n) is 24.9. The summed E-state index contributed by atoms with van der Waals surface area (Å²) >= 11 is 23.4. The van der Waals surface area contributed by atoms with Gasteiger partial charge in [-0.15, -0.1) is 12.3 Å². The maximum atomic E-state index is 14.2. The zero-order valence-electron chi connectivity index (χ0n) is 56.7. The number of hydrogen-bond donors (Lipinski definition) is 4. The number of Topliss-reactive ketones (excluding diaryl/α,β-unsaturated/α-hetero) is 1. The molecule has 13 rings (SSSR count). The molecule has 107 heavy (non-hydrogen) atoms. The van der Waals surface area contributed by atoms with E-state index in [0.717, 1.165) is 72.8 Å². The van der Waals surface area contributed by atoms with Crippen LogP contribution in [0.25, 0.3) is 0 Å². The molecule has 29 heteroatoms. The van der Waals surface area contributed by atoms with Crippen LogP contribution in [0.2, 0.25) is 20.1 Å². The largest absolute Gasteiger partial charge is 0.497 e. The summed E-state index contributed by atoms with van der Waals surface area (Å²) in [5.74, 6) is 17.2. The molecule has 0 spiro atoms. The fourth-order valence-electron chi connectivity index (χ4n) is 10.1. The van der Waals surface area contributed by atoms with Gasteiger partial charge in [0.15, 0.2) is 0 Å². The fourth-order valence-corrected chi connectivity index (χ4v) is 10.8. The molecule has 0 saturated heterocycles. The normalized spacial score (nSPS) is 18.1. The molecule has 3 atom stereocenters. The second kappa shape index (κ2) is 34.0. The Morgan fingerprint density at radius 1 is 0.551 bits per heavy atom. The summed E-state index contributed by atoms with van der Waals surface area (Å²) in [6.45, 7) is 0.522. The van der Waals surface area contributed by atoms with Gasteiger partial charge in [-0.2, -0.15) is 52.7 Å².